The predicted octanol–water partition coefficient (Wildman–Crippen LogP) is 5.64. The molecule has 1 aliphatic rings. The van der Waals surface area contributed by atoms with E-state index in [0.29, 0.717) is 29.4 Å². The molecule has 45 heavy (non-hydrogen) atoms. The Kier molecular flexibility index (Phi) is 10.1. The number of para-hydroxylation sites is 1. The second kappa shape index (κ2) is 14.0. The highest BCUT2D eigenvalue weighted by atomic mass is 35.5. The quantitative estimate of drug-likeness (QED) is 0.196. The number of nitrogens with one attached hydrogen (secondary N) is 1. The molecule has 4 aromatic carbocycles. The summed E-state index contributed by atoms with van der Waals surface area (Å²) >= 11 is 6.06. The maximum absolute atomic E-state index is 14.0. The van der Waals surface area contributed by atoms with Crippen molar-refractivity contribution in [2.24, 2.45) is 0 Å². The normalized spacial score (nSPS) is 13.8. The number of rotatable bonds is 12. The number of nitrogens with zero attached hydrogens (tertiary/aromatic N) is 2. The molecule has 4 aromatic rings. The van der Waals surface area contributed by atoms with Crippen LogP contribution in [0.25, 0.3) is 0 Å². The van der Waals surface area contributed by atoms with Crippen molar-refractivity contribution < 1.29 is 26.4 Å². The molecule has 0 radical (unpaired) electrons. The average Bonchev–Trinajstić information content (AvgIpc) is 3.60. The highest BCUT2D eigenvalue weighted by Crippen LogP contribution is 2.30. The van der Waals surface area contributed by atoms with Crippen molar-refractivity contribution in [2.45, 2.75) is 36.1 Å². The van der Waals surface area contributed by atoms with Gasteiger partial charge in [-0.1, -0.05) is 53.6 Å². The minimum atomic E-state index is -4.07. The molecule has 0 atom stereocenters. The molecule has 1 aliphatic heterocycles. The highest BCUT2D eigenvalue weighted by Gasteiger charge is 2.29. The van der Waals surface area contributed by atoms with Gasteiger partial charge in [-0.05, 0) is 86.0 Å². The maximum Gasteiger partial charge on any atom is 0.264 e. The van der Waals surface area contributed by atoms with Gasteiger partial charge in [-0.15, -0.1) is 0 Å². The van der Waals surface area contributed by atoms with Crippen LogP contribution in [0.5, 0.6) is 5.75 Å². The summed E-state index contributed by atoms with van der Waals surface area (Å²) in [6.45, 7) is 3.15. The van der Waals surface area contributed by atoms with E-state index in [1.54, 1.807) is 84.9 Å². The van der Waals surface area contributed by atoms with Crippen molar-refractivity contribution in [1.82, 2.24) is 9.62 Å². The Bertz CT molecular complexity index is 1840. The Morgan fingerprint density at radius 2 is 1.47 bits per heavy atom. The van der Waals surface area contributed by atoms with Gasteiger partial charge >= 0.3 is 0 Å². The van der Waals surface area contributed by atoms with Gasteiger partial charge in [0.1, 0.15) is 12.4 Å². The van der Waals surface area contributed by atoms with Gasteiger partial charge in [-0.3, -0.25) is 9.10 Å². The first kappa shape index (κ1) is 32.5. The van der Waals surface area contributed by atoms with Crippen LogP contribution >= 0.6 is 11.6 Å². The fourth-order valence-electron chi connectivity index (χ4n) is 4.99. The van der Waals surface area contributed by atoms with E-state index in [9.17, 15) is 21.6 Å². The van der Waals surface area contributed by atoms with Gasteiger partial charge in [-0.2, -0.15) is 4.31 Å². The van der Waals surface area contributed by atoms with Crippen molar-refractivity contribution in [2.75, 3.05) is 30.5 Å². The first-order chi connectivity index (χ1) is 21.6. The van der Waals surface area contributed by atoms with E-state index in [4.69, 9.17) is 16.3 Å². The standard InChI is InChI=1S/C33H34ClN3O6S2/c1-25-8-16-30(17-9-25)45(41,42)37(24-26-10-12-27(34)13-11-26)32-7-3-2-6-31(32)33(38)35-20-23-43-28-14-18-29(19-15-28)44(39,40)36-21-4-5-22-36/h2-3,6-19H,4-5,20-24H2,1H3,(H,35,38). The van der Waals surface area contributed by atoms with Gasteiger partial charge in [0.05, 0.1) is 34.1 Å². The molecule has 9 nitrogen and oxygen atoms in total. The van der Waals surface area contributed by atoms with Crippen LogP contribution < -0.4 is 14.4 Å². The fraction of sp³-hybridized carbons (Fsp3) is 0.242. The van der Waals surface area contributed by atoms with Crippen molar-refractivity contribution in [3.05, 3.63) is 119 Å². The van der Waals surface area contributed by atoms with Gasteiger partial charge in [0.15, 0.2) is 0 Å². The van der Waals surface area contributed by atoms with Crippen LogP contribution in [0.3, 0.4) is 0 Å². The summed E-state index contributed by atoms with van der Waals surface area (Å²) in [6, 6.07) is 26.2. The molecule has 12 heteroatoms. The first-order valence-electron chi connectivity index (χ1n) is 14.5. The Morgan fingerprint density at radius 1 is 0.844 bits per heavy atom. The zero-order chi connectivity index (χ0) is 32.0. The number of anilines is 1. The molecular weight excluding hydrogens is 634 g/mol. The van der Waals surface area contributed by atoms with Crippen molar-refractivity contribution >= 4 is 43.2 Å². The molecule has 0 spiro atoms. The molecule has 5 rings (SSSR count). The summed E-state index contributed by atoms with van der Waals surface area (Å²) in [5, 5.41) is 3.33. The number of benzene rings is 4. The summed E-state index contributed by atoms with van der Waals surface area (Å²) in [4.78, 5) is 13.7. The maximum atomic E-state index is 14.0. The lowest BCUT2D eigenvalue weighted by molar-refractivity contribution is 0.0947. The summed E-state index contributed by atoms with van der Waals surface area (Å²) < 4.78 is 61.9. The number of sulfonamides is 2. The van der Waals surface area contributed by atoms with Gasteiger partial charge < -0.3 is 10.1 Å². The van der Waals surface area contributed by atoms with E-state index >= 15 is 0 Å². The second-order valence-electron chi connectivity index (χ2n) is 10.7. The number of hydrogen-bond donors (Lipinski definition) is 1. The minimum absolute atomic E-state index is 0.0236. The molecule has 1 amide bonds. The fourth-order valence-corrected chi connectivity index (χ4v) is 8.10. The summed E-state index contributed by atoms with van der Waals surface area (Å²) in [5.74, 6) is -0.00943. The Morgan fingerprint density at radius 3 is 2.13 bits per heavy atom. The number of aryl methyl sites for hydroxylation is 1. The average molecular weight is 668 g/mol. The largest absolute Gasteiger partial charge is 0.492 e. The van der Waals surface area contributed by atoms with Crippen LogP contribution in [0.1, 0.15) is 34.3 Å². The van der Waals surface area contributed by atoms with Gasteiger partial charge in [-0.25, -0.2) is 16.8 Å². The zero-order valence-electron chi connectivity index (χ0n) is 24.7. The smallest absolute Gasteiger partial charge is 0.264 e. The van der Waals surface area contributed by atoms with E-state index in [1.807, 2.05) is 6.92 Å². The van der Waals surface area contributed by atoms with Gasteiger partial charge in [0.25, 0.3) is 15.9 Å². The van der Waals surface area contributed by atoms with Gasteiger partial charge in [0.2, 0.25) is 10.0 Å². The molecule has 0 saturated carbocycles. The first-order valence-corrected chi connectivity index (χ1v) is 17.8. The molecule has 1 saturated heterocycles. The number of carbonyl (C=O) groups is 1. The van der Waals surface area contributed by atoms with Crippen LogP contribution in [-0.2, 0) is 26.6 Å². The molecule has 1 fully saturated rings. The molecule has 0 aliphatic carbocycles. The third kappa shape index (κ3) is 7.67. The topological polar surface area (TPSA) is 113 Å². The lowest BCUT2D eigenvalue weighted by atomic mass is 10.1. The third-order valence-corrected chi connectivity index (χ3v) is 11.4. The van der Waals surface area contributed by atoms with Crippen LogP contribution in [0.2, 0.25) is 5.02 Å². The molecule has 0 aromatic heterocycles. The van der Waals surface area contributed by atoms with Crippen molar-refractivity contribution in [1.29, 1.82) is 0 Å². The minimum Gasteiger partial charge on any atom is -0.492 e. The van der Waals surface area contributed by atoms with Crippen LogP contribution in [0.15, 0.2) is 107 Å². The number of halogens is 1. The number of ether oxygens (including phenoxy) is 1. The SMILES string of the molecule is Cc1ccc(S(=O)(=O)N(Cc2ccc(Cl)cc2)c2ccccc2C(=O)NCCOc2ccc(S(=O)(=O)N3CCCC3)cc2)cc1. The van der Waals surface area contributed by atoms with Gasteiger partial charge in [0, 0.05) is 18.1 Å². The number of hydrogen-bond acceptors (Lipinski definition) is 6. The number of carbonyl (C=O) groups excluding carboxylic acids is 1. The Balaban J connectivity index is 1.29. The van der Waals surface area contributed by atoms with E-state index < -0.39 is 26.0 Å². The monoisotopic (exact) mass is 667 g/mol. The Labute approximate surface area is 269 Å². The van der Waals surface area contributed by atoms with E-state index in [2.05, 4.69) is 5.32 Å². The van der Waals surface area contributed by atoms with Crippen molar-refractivity contribution in [3.63, 3.8) is 0 Å². The van der Waals surface area contributed by atoms with E-state index in [0.717, 1.165) is 18.4 Å². The number of amides is 1. The molecule has 1 heterocycles. The Hall–Kier alpha value is -3.90. The molecular formula is C33H34ClN3O6S2. The van der Waals surface area contributed by atoms with Crippen LogP contribution in [-0.4, -0.2) is 53.3 Å². The molecule has 0 unspecified atom stereocenters. The molecule has 0 bridgehead atoms. The van der Waals surface area contributed by atoms with Crippen LogP contribution in [0.4, 0.5) is 5.69 Å². The second-order valence-corrected chi connectivity index (χ2v) is 14.9. The predicted molar refractivity (Wildman–Crippen MR) is 175 cm³/mol. The molecule has 236 valence electrons. The zero-order valence-corrected chi connectivity index (χ0v) is 27.1. The molecule has 1 N–H and O–H groups in total. The summed E-state index contributed by atoms with van der Waals surface area (Å²) in [7, 11) is -7.58. The van der Waals surface area contributed by atoms with E-state index in [1.165, 1.54) is 20.7 Å². The van der Waals surface area contributed by atoms with Crippen molar-refractivity contribution in [3.8, 4) is 5.75 Å². The van der Waals surface area contributed by atoms with E-state index in [-0.39, 0.29) is 40.7 Å². The third-order valence-electron chi connectivity index (χ3n) is 7.45. The lowest BCUT2D eigenvalue weighted by Gasteiger charge is -2.27. The summed E-state index contributed by atoms with van der Waals surface area (Å²) in [6.07, 6.45) is 1.72. The summed E-state index contributed by atoms with van der Waals surface area (Å²) in [5.41, 5.74) is 2.01. The lowest BCUT2D eigenvalue weighted by Crippen LogP contribution is -2.34. The van der Waals surface area contributed by atoms with Crippen LogP contribution in [0, 0.1) is 6.92 Å². The highest BCUT2D eigenvalue weighted by molar-refractivity contribution is 7.92.